The second-order valence-corrected chi connectivity index (χ2v) is 8.86. The van der Waals surface area contributed by atoms with Crippen molar-refractivity contribution < 1.29 is 13.9 Å². The second-order valence-electron chi connectivity index (χ2n) is 7.85. The normalized spacial score (nSPS) is 12.1. The number of methoxy groups -OCH3 is 1. The van der Waals surface area contributed by atoms with Crippen LogP contribution >= 0.6 is 11.3 Å². The molecule has 5 rings (SSSR count). The molecule has 2 aromatic heterocycles. The average Bonchev–Trinajstić information content (AvgIpc) is 3.33. The third-order valence-electron chi connectivity index (χ3n) is 5.73. The summed E-state index contributed by atoms with van der Waals surface area (Å²) in [4.78, 5) is 18.5. The number of imidazole rings is 1. The maximum absolute atomic E-state index is 13.1. The summed E-state index contributed by atoms with van der Waals surface area (Å²) in [5.41, 5.74) is 5.53. The van der Waals surface area contributed by atoms with Gasteiger partial charge in [0.15, 0.2) is 16.5 Å². The average molecular weight is 461 g/mol. The van der Waals surface area contributed by atoms with Gasteiger partial charge in [0.2, 0.25) is 0 Å². The Balaban J connectivity index is 1.48. The molecule has 3 aromatic carbocycles. The summed E-state index contributed by atoms with van der Waals surface area (Å²) in [5, 5.41) is 0. The lowest BCUT2D eigenvalue weighted by atomic mass is 10.1. The van der Waals surface area contributed by atoms with Crippen molar-refractivity contribution in [1.29, 1.82) is 0 Å². The SMILES string of the molecule is COc1cc(/C=c2/sc3nc4c(C)c(C)ccc4n3c2=O)ccc1OCc1ccc(F)cc1. The van der Waals surface area contributed by atoms with E-state index < -0.39 is 0 Å². The van der Waals surface area contributed by atoms with Gasteiger partial charge < -0.3 is 9.47 Å². The molecule has 166 valence electrons. The fourth-order valence-corrected chi connectivity index (χ4v) is 4.73. The summed E-state index contributed by atoms with van der Waals surface area (Å²) in [6, 6.07) is 15.6. The van der Waals surface area contributed by atoms with Crippen molar-refractivity contribution in [3.8, 4) is 11.5 Å². The number of nitrogens with zero attached hydrogens (tertiary/aromatic N) is 2. The summed E-state index contributed by atoms with van der Waals surface area (Å²) in [6.45, 7) is 4.36. The predicted octanol–water partition coefficient (Wildman–Crippen LogP) is 4.80. The van der Waals surface area contributed by atoms with Crippen LogP contribution < -0.4 is 19.6 Å². The number of fused-ring (bicyclic) bond motifs is 3. The molecule has 0 aliphatic heterocycles. The highest BCUT2D eigenvalue weighted by molar-refractivity contribution is 7.15. The van der Waals surface area contributed by atoms with E-state index in [0.29, 0.717) is 27.6 Å². The third kappa shape index (κ3) is 3.85. The number of hydrogen-bond donors (Lipinski definition) is 0. The van der Waals surface area contributed by atoms with Crippen LogP contribution in [0.5, 0.6) is 11.5 Å². The van der Waals surface area contributed by atoms with Gasteiger partial charge in [-0.05, 0) is 72.5 Å². The lowest BCUT2D eigenvalue weighted by Gasteiger charge is -2.11. The zero-order chi connectivity index (χ0) is 23.1. The summed E-state index contributed by atoms with van der Waals surface area (Å²) in [7, 11) is 1.57. The minimum atomic E-state index is -0.284. The van der Waals surface area contributed by atoms with Crippen LogP contribution in [0.3, 0.4) is 0 Å². The first kappa shape index (κ1) is 21.2. The topological polar surface area (TPSA) is 52.8 Å². The van der Waals surface area contributed by atoms with Gasteiger partial charge in [0, 0.05) is 0 Å². The third-order valence-corrected chi connectivity index (χ3v) is 6.70. The standard InChI is InChI=1S/C26H21FN2O3S/c1-15-4-10-20-24(16(15)2)28-26-29(20)25(30)23(33-26)13-18-7-11-21(22(12-18)31-3)32-14-17-5-8-19(27)9-6-17/h4-13H,14H2,1-3H3/b23-13+. The van der Waals surface area contributed by atoms with E-state index in [4.69, 9.17) is 14.5 Å². The fraction of sp³-hybridized carbons (Fsp3) is 0.154. The molecule has 0 radical (unpaired) electrons. The van der Waals surface area contributed by atoms with Crippen LogP contribution in [0.1, 0.15) is 22.3 Å². The Morgan fingerprint density at radius 2 is 1.85 bits per heavy atom. The van der Waals surface area contributed by atoms with Crippen molar-refractivity contribution in [2.75, 3.05) is 7.11 Å². The smallest absolute Gasteiger partial charge is 0.274 e. The Labute approximate surface area is 193 Å². The van der Waals surface area contributed by atoms with Crippen molar-refractivity contribution in [2.24, 2.45) is 0 Å². The highest BCUT2D eigenvalue weighted by Gasteiger charge is 2.14. The van der Waals surface area contributed by atoms with E-state index in [1.807, 2.05) is 44.2 Å². The van der Waals surface area contributed by atoms with Gasteiger partial charge in [0.05, 0.1) is 22.7 Å². The number of halogens is 1. The number of aromatic nitrogens is 2. The number of hydrogen-bond acceptors (Lipinski definition) is 5. The molecule has 0 bridgehead atoms. The van der Waals surface area contributed by atoms with Crippen LogP contribution in [0.25, 0.3) is 22.1 Å². The summed E-state index contributed by atoms with van der Waals surface area (Å²) in [6.07, 6.45) is 1.83. The zero-order valence-corrected chi connectivity index (χ0v) is 19.2. The van der Waals surface area contributed by atoms with Crippen LogP contribution in [0, 0.1) is 19.7 Å². The highest BCUT2D eigenvalue weighted by Crippen LogP contribution is 2.29. The van der Waals surface area contributed by atoms with Crippen molar-refractivity contribution in [3.05, 3.63) is 97.6 Å². The van der Waals surface area contributed by atoms with Crippen LogP contribution in [0.2, 0.25) is 0 Å². The molecule has 0 aliphatic carbocycles. The van der Waals surface area contributed by atoms with Crippen LogP contribution in [0.4, 0.5) is 4.39 Å². The first-order chi connectivity index (χ1) is 15.9. The highest BCUT2D eigenvalue weighted by atomic mass is 32.1. The van der Waals surface area contributed by atoms with E-state index in [2.05, 4.69) is 0 Å². The Morgan fingerprint density at radius 1 is 1.06 bits per heavy atom. The fourth-order valence-electron chi connectivity index (χ4n) is 3.75. The molecule has 0 saturated carbocycles. The van der Waals surface area contributed by atoms with Crippen LogP contribution in [-0.4, -0.2) is 16.5 Å². The van der Waals surface area contributed by atoms with E-state index in [9.17, 15) is 9.18 Å². The molecule has 0 spiro atoms. The van der Waals surface area contributed by atoms with Gasteiger partial charge in [0.1, 0.15) is 12.4 Å². The molecule has 0 fully saturated rings. The van der Waals surface area contributed by atoms with Gasteiger partial charge in [-0.25, -0.2) is 13.8 Å². The molecule has 0 unspecified atom stereocenters. The molecule has 0 saturated heterocycles. The lowest BCUT2D eigenvalue weighted by Crippen LogP contribution is -2.22. The summed E-state index contributed by atoms with van der Waals surface area (Å²) >= 11 is 1.37. The number of rotatable bonds is 5. The number of thiazole rings is 1. The quantitative estimate of drug-likeness (QED) is 0.378. The molecule has 5 nitrogen and oxygen atoms in total. The monoisotopic (exact) mass is 460 g/mol. The number of aryl methyl sites for hydroxylation is 2. The molecule has 0 N–H and O–H groups in total. The number of benzene rings is 3. The van der Waals surface area contributed by atoms with Crippen LogP contribution in [-0.2, 0) is 6.61 Å². The van der Waals surface area contributed by atoms with Gasteiger partial charge >= 0.3 is 0 Å². The Morgan fingerprint density at radius 3 is 2.61 bits per heavy atom. The van der Waals surface area contributed by atoms with Gasteiger partial charge in [-0.15, -0.1) is 0 Å². The molecule has 2 heterocycles. The maximum Gasteiger partial charge on any atom is 0.274 e. The maximum atomic E-state index is 13.1. The number of ether oxygens (including phenoxy) is 2. The molecular weight excluding hydrogens is 439 g/mol. The Kier molecular flexibility index (Phi) is 5.34. The van der Waals surface area contributed by atoms with E-state index in [-0.39, 0.29) is 11.4 Å². The molecule has 0 atom stereocenters. The second kappa shape index (κ2) is 8.33. The van der Waals surface area contributed by atoms with E-state index >= 15 is 0 Å². The van der Waals surface area contributed by atoms with E-state index in [1.165, 1.54) is 23.5 Å². The largest absolute Gasteiger partial charge is 0.493 e. The lowest BCUT2D eigenvalue weighted by molar-refractivity contribution is 0.284. The predicted molar refractivity (Wildman–Crippen MR) is 129 cm³/mol. The molecule has 33 heavy (non-hydrogen) atoms. The van der Waals surface area contributed by atoms with Crippen molar-refractivity contribution in [2.45, 2.75) is 20.5 Å². The van der Waals surface area contributed by atoms with Crippen molar-refractivity contribution in [3.63, 3.8) is 0 Å². The molecule has 0 amide bonds. The van der Waals surface area contributed by atoms with Crippen molar-refractivity contribution >= 4 is 33.4 Å². The summed E-state index contributed by atoms with van der Waals surface area (Å²) in [5.74, 6) is 0.837. The van der Waals surface area contributed by atoms with Gasteiger partial charge in [-0.3, -0.25) is 4.79 Å². The van der Waals surface area contributed by atoms with Crippen LogP contribution in [0.15, 0.2) is 59.4 Å². The molecule has 5 aromatic rings. The molecular formula is C26H21FN2O3S. The van der Waals surface area contributed by atoms with Gasteiger partial charge in [-0.1, -0.05) is 35.6 Å². The van der Waals surface area contributed by atoms with E-state index in [1.54, 1.807) is 29.7 Å². The Bertz CT molecular complexity index is 1600. The van der Waals surface area contributed by atoms with Gasteiger partial charge in [0.25, 0.3) is 5.56 Å². The molecule has 0 aliphatic rings. The zero-order valence-electron chi connectivity index (χ0n) is 18.4. The summed E-state index contributed by atoms with van der Waals surface area (Å²) < 4.78 is 26.7. The van der Waals surface area contributed by atoms with Gasteiger partial charge in [-0.2, -0.15) is 0 Å². The minimum absolute atomic E-state index is 0.0867. The molecule has 7 heteroatoms. The minimum Gasteiger partial charge on any atom is -0.493 e. The van der Waals surface area contributed by atoms with Crippen molar-refractivity contribution in [1.82, 2.24) is 9.38 Å². The van der Waals surface area contributed by atoms with E-state index in [0.717, 1.165) is 33.3 Å². The first-order valence-corrected chi connectivity index (χ1v) is 11.2. The first-order valence-electron chi connectivity index (χ1n) is 10.4. The Hall–Kier alpha value is -3.71.